The number of aromatic nitrogens is 1. The number of thiophene rings is 2. The summed E-state index contributed by atoms with van der Waals surface area (Å²) in [5, 5.41) is 12.0. The van der Waals surface area contributed by atoms with Crippen molar-refractivity contribution >= 4 is 114 Å². The number of hydrogen-bond donors (Lipinski definition) is 1. The van der Waals surface area contributed by atoms with E-state index in [4.69, 9.17) is 0 Å². The number of rotatable bonds is 3. The van der Waals surface area contributed by atoms with Gasteiger partial charge in [0.1, 0.15) is 0 Å². The molecule has 3 aromatic heterocycles. The SMILES string of the molecule is CC(C)(C)c1ccc(Nc2ccc(C(C)(C)C)cc2-c2c3c4c(c5cc(C(C)(C)C)ccc5n4-c4cc5c(cc4[B]3)sc3ccccc35)c3sc4ccccc4c23)cc1. The van der Waals surface area contributed by atoms with E-state index in [1.54, 1.807) is 0 Å². The van der Waals surface area contributed by atoms with Crippen LogP contribution in [0.4, 0.5) is 11.4 Å². The second kappa shape index (κ2) is 12.6. The number of hydrogen-bond acceptors (Lipinski definition) is 3. The summed E-state index contributed by atoms with van der Waals surface area (Å²) in [7, 11) is 2.53. The molecule has 4 heterocycles. The van der Waals surface area contributed by atoms with Gasteiger partial charge in [-0.05, 0) is 105 Å². The van der Waals surface area contributed by atoms with Crippen LogP contribution in [0.5, 0.6) is 0 Å². The number of fused-ring (bicyclic) bond motifs is 12. The van der Waals surface area contributed by atoms with Gasteiger partial charge in [-0.15, -0.1) is 22.7 Å². The largest absolute Gasteiger partial charge is 0.355 e. The molecule has 0 unspecified atom stereocenters. The molecule has 2 nitrogen and oxygen atoms in total. The van der Waals surface area contributed by atoms with Gasteiger partial charge in [0.15, 0.2) is 7.28 Å². The summed E-state index contributed by atoms with van der Waals surface area (Å²) in [4.78, 5) is 0. The summed E-state index contributed by atoms with van der Waals surface area (Å²) in [5.41, 5.74) is 15.2. The molecule has 0 spiro atoms. The third-order valence-corrected chi connectivity index (χ3v) is 15.0. The van der Waals surface area contributed by atoms with Crippen LogP contribution >= 0.6 is 22.7 Å². The van der Waals surface area contributed by atoms with Crippen molar-refractivity contribution in [2.45, 2.75) is 78.6 Å². The normalized spacial score (nSPS) is 13.3. The van der Waals surface area contributed by atoms with Gasteiger partial charge in [-0.1, -0.05) is 128 Å². The molecule has 0 bridgehead atoms. The van der Waals surface area contributed by atoms with Crippen LogP contribution in [0.2, 0.25) is 0 Å². The Morgan fingerprint density at radius 1 is 0.525 bits per heavy atom. The Hall–Kier alpha value is -5.36. The zero-order valence-corrected chi connectivity index (χ0v) is 37.0. The average molecular weight is 800 g/mol. The summed E-state index contributed by atoms with van der Waals surface area (Å²) in [6.07, 6.45) is 0. The van der Waals surface area contributed by atoms with Gasteiger partial charge in [-0.3, -0.25) is 0 Å². The molecule has 11 rings (SSSR count). The molecular weight excluding hydrogens is 752 g/mol. The van der Waals surface area contributed by atoms with Crippen molar-refractivity contribution in [3.05, 3.63) is 138 Å². The quantitative estimate of drug-likeness (QED) is 0.176. The van der Waals surface area contributed by atoms with Gasteiger partial charge in [-0.2, -0.15) is 0 Å². The van der Waals surface area contributed by atoms with Crippen LogP contribution in [0.1, 0.15) is 79.0 Å². The van der Waals surface area contributed by atoms with Crippen LogP contribution < -0.4 is 16.2 Å². The van der Waals surface area contributed by atoms with E-state index >= 15 is 0 Å². The van der Waals surface area contributed by atoms with Crippen molar-refractivity contribution in [1.82, 2.24) is 4.57 Å². The zero-order chi connectivity index (χ0) is 40.7. The molecule has 1 aliphatic rings. The molecule has 0 aliphatic carbocycles. The summed E-state index contributed by atoms with van der Waals surface area (Å²) in [6.45, 7) is 20.8. The van der Waals surface area contributed by atoms with Gasteiger partial charge < -0.3 is 9.88 Å². The van der Waals surface area contributed by atoms with Crippen molar-refractivity contribution in [3.8, 4) is 16.8 Å². The molecule has 5 heteroatoms. The molecule has 1 N–H and O–H groups in total. The second-order valence-corrected chi connectivity index (χ2v) is 21.9. The fourth-order valence-electron chi connectivity index (χ4n) is 9.41. The van der Waals surface area contributed by atoms with Crippen LogP contribution in [-0.2, 0) is 16.2 Å². The molecular formula is C54H48BN2S2. The Labute approximate surface area is 355 Å². The Balaban J connectivity index is 1.30. The predicted molar refractivity (Wildman–Crippen MR) is 263 cm³/mol. The van der Waals surface area contributed by atoms with E-state index in [1.165, 1.54) is 107 Å². The van der Waals surface area contributed by atoms with Crippen LogP contribution in [0.25, 0.3) is 79.0 Å². The molecule has 1 aliphatic heterocycles. The van der Waals surface area contributed by atoms with Gasteiger partial charge in [-0.25, -0.2) is 0 Å². The highest BCUT2D eigenvalue weighted by Crippen LogP contribution is 2.50. The molecule has 289 valence electrons. The Kier molecular flexibility index (Phi) is 7.83. The molecule has 1 radical (unpaired) electrons. The maximum Gasteiger partial charge on any atom is 0.198 e. The van der Waals surface area contributed by atoms with Gasteiger partial charge in [0.05, 0.1) is 11.0 Å². The highest BCUT2D eigenvalue weighted by atomic mass is 32.1. The summed E-state index contributed by atoms with van der Waals surface area (Å²) in [5.74, 6) is 0. The van der Waals surface area contributed by atoms with Crippen LogP contribution in [0.15, 0.2) is 121 Å². The minimum absolute atomic E-state index is 0.00960. The van der Waals surface area contributed by atoms with Crippen molar-refractivity contribution in [1.29, 1.82) is 0 Å². The third kappa shape index (κ3) is 5.65. The zero-order valence-electron chi connectivity index (χ0n) is 35.4. The Morgan fingerprint density at radius 2 is 1.15 bits per heavy atom. The fraction of sp³-hybridized carbons (Fsp3) is 0.222. The first-order chi connectivity index (χ1) is 28.1. The van der Waals surface area contributed by atoms with Crippen LogP contribution in [0.3, 0.4) is 0 Å². The average Bonchev–Trinajstić information content (AvgIpc) is 3.87. The molecule has 0 amide bonds. The van der Waals surface area contributed by atoms with Gasteiger partial charge >= 0.3 is 0 Å². The minimum atomic E-state index is -0.0415. The van der Waals surface area contributed by atoms with Gasteiger partial charge in [0, 0.05) is 73.7 Å². The molecule has 0 fully saturated rings. The molecule has 59 heavy (non-hydrogen) atoms. The van der Waals surface area contributed by atoms with E-state index in [2.05, 4.69) is 201 Å². The van der Waals surface area contributed by atoms with E-state index in [-0.39, 0.29) is 16.2 Å². The fourth-order valence-corrected chi connectivity index (χ4v) is 11.8. The maximum atomic E-state index is 3.96. The summed E-state index contributed by atoms with van der Waals surface area (Å²) >= 11 is 3.85. The van der Waals surface area contributed by atoms with E-state index in [9.17, 15) is 0 Å². The molecule has 10 aromatic rings. The lowest BCUT2D eigenvalue weighted by Crippen LogP contribution is -2.37. The van der Waals surface area contributed by atoms with Crippen molar-refractivity contribution in [2.24, 2.45) is 0 Å². The smallest absolute Gasteiger partial charge is 0.198 e. The number of nitrogens with zero attached hydrogens (tertiary/aromatic N) is 1. The first kappa shape index (κ1) is 36.7. The van der Waals surface area contributed by atoms with E-state index in [0.717, 1.165) is 11.4 Å². The lowest BCUT2D eigenvalue weighted by molar-refractivity contribution is 0.590. The van der Waals surface area contributed by atoms with E-state index in [0.29, 0.717) is 0 Å². The lowest BCUT2D eigenvalue weighted by Gasteiger charge is -2.27. The highest BCUT2D eigenvalue weighted by Gasteiger charge is 2.32. The number of anilines is 2. The van der Waals surface area contributed by atoms with Gasteiger partial charge in [0.2, 0.25) is 0 Å². The summed E-state index contributed by atoms with van der Waals surface area (Å²) in [6, 6.07) is 46.3. The highest BCUT2D eigenvalue weighted by molar-refractivity contribution is 7.27. The van der Waals surface area contributed by atoms with E-state index in [1.807, 2.05) is 22.7 Å². The van der Waals surface area contributed by atoms with Crippen molar-refractivity contribution in [3.63, 3.8) is 0 Å². The molecule has 0 saturated heterocycles. The van der Waals surface area contributed by atoms with Crippen molar-refractivity contribution < 1.29 is 0 Å². The van der Waals surface area contributed by atoms with Crippen LogP contribution in [0, 0.1) is 0 Å². The number of benzene rings is 7. The monoisotopic (exact) mass is 799 g/mol. The predicted octanol–water partition coefficient (Wildman–Crippen LogP) is 14.8. The topological polar surface area (TPSA) is 17.0 Å². The second-order valence-electron chi connectivity index (χ2n) is 19.7. The van der Waals surface area contributed by atoms with Crippen LogP contribution in [-0.4, -0.2) is 11.8 Å². The maximum absolute atomic E-state index is 3.96. The first-order valence-electron chi connectivity index (χ1n) is 20.9. The standard InChI is InChI=1S/C54H48BN2S2/c1-52(2,3)30-18-22-33(23-19-30)56-40-24-20-31(53(4,5)6)26-37(40)46-47-35-15-11-13-17-44(35)59-51(47)48-38-27-32(54(7,8)9)21-25-41(38)57-42-28-36-34-14-10-12-16-43(34)58-45(36)29-39(42)55-49(46)50(48)57/h10-29,56H,1-9H3. The number of nitrogens with one attached hydrogen (secondary N) is 1. The summed E-state index contributed by atoms with van der Waals surface area (Å²) < 4.78 is 7.95. The van der Waals surface area contributed by atoms with E-state index < -0.39 is 0 Å². The van der Waals surface area contributed by atoms with Gasteiger partial charge in [0.25, 0.3) is 0 Å². The first-order valence-corrected chi connectivity index (χ1v) is 22.6. The third-order valence-electron chi connectivity index (χ3n) is 12.7. The Bertz CT molecular complexity index is 3370. The van der Waals surface area contributed by atoms with Crippen molar-refractivity contribution in [2.75, 3.05) is 5.32 Å². The lowest BCUT2D eigenvalue weighted by atomic mass is 9.58. The minimum Gasteiger partial charge on any atom is -0.355 e. The molecule has 0 atom stereocenters. The Morgan fingerprint density at radius 3 is 1.86 bits per heavy atom. The molecule has 0 saturated carbocycles. The molecule has 7 aromatic carbocycles.